The van der Waals surface area contributed by atoms with Gasteiger partial charge < -0.3 is 19.5 Å². The maximum atomic E-state index is 12.9. The molecular formula is C26H26N4O4. The molecule has 1 amide bonds. The molecule has 0 aliphatic carbocycles. The lowest BCUT2D eigenvalue weighted by Crippen LogP contribution is -2.30. The Morgan fingerprint density at radius 3 is 2.65 bits per heavy atom. The van der Waals surface area contributed by atoms with Crippen molar-refractivity contribution < 1.29 is 19.0 Å². The molecule has 4 aromatic rings. The van der Waals surface area contributed by atoms with Crippen LogP contribution >= 0.6 is 0 Å². The number of hydrogen-bond donors (Lipinski definition) is 1. The number of pyridine rings is 1. The number of ether oxygens (including phenoxy) is 3. The second-order valence-corrected chi connectivity index (χ2v) is 8.08. The molecule has 34 heavy (non-hydrogen) atoms. The van der Waals surface area contributed by atoms with Gasteiger partial charge in [0.05, 0.1) is 11.1 Å². The van der Waals surface area contributed by atoms with E-state index >= 15 is 0 Å². The minimum Gasteiger partial charge on any atom is -0.486 e. The first-order valence-corrected chi connectivity index (χ1v) is 11.3. The summed E-state index contributed by atoms with van der Waals surface area (Å²) in [5, 5.41) is 8.50. The summed E-state index contributed by atoms with van der Waals surface area (Å²) in [6, 6.07) is 17.2. The van der Waals surface area contributed by atoms with Crippen molar-refractivity contribution in [2.24, 2.45) is 0 Å². The number of carbonyl (C=O) groups is 1. The Balaban J connectivity index is 1.42. The van der Waals surface area contributed by atoms with Crippen molar-refractivity contribution in [1.82, 2.24) is 14.8 Å². The lowest BCUT2D eigenvalue weighted by atomic mass is 10.0. The third kappa shape index (κ3) is 4.14. The van der Waals surface area contributed by atoms with Gasteiger partial charge in [-0.25, -0.2) is 4.68 Å². The number of anilines is 1. The summed E-state index contributed by atoms with van der Waals surface area (Å²) in [5.41, 5.74) is 4.25. The Morgan fingerprint density at radius 2 is 1.88 bits per heavy atom. The fourth-order valence-corrected chi connectivity index (χ4v) is 4.06. The smallest absolute Gasteiger partial charge is 0.265 e. The van der Waals surface area contributed by atoms with E-state index in [0.29, 0.717) is 42.8 Å². The van der Waals surface area contributed by atoms with Crippen molar-refractivity contribution in [3.63, 3.8) is 0 Å². The van der Waals surface area contributed by atoms with Crippen LogP contribution in [0.25, 0.3) is 22.2 Å². The Bertz CT molecular complexity index is 1350. The molecule has 0 fully saturated rings. The van der Waals surface area contributed by atoms with E-state index in [1.165, 1.54) is 0 Å². The molecule has 0 bridgehead atoms. The van der Waals surface area contributed by atoms with E-state index in [0.717, 1.165) is 27.9 Å². The fourth-order valence-electron chi connectivity index (χ4n) is 4.06. The quantitative estimate of drug-likeness (QED) is 0.454. The van der Waals surface area contributed by atoms with Crippen molar-refractivity contribution in [3.8, 4) is 28.5 Å². The van der Waals surface area contributed by atoms with Gasteiger partial charge in [0.15, 0.2) is 23.3 Å². The van der Waals surface area contributed by atoms with Crippen LogP contribution in [0, 0.1) is 6.92 Å². The third-order valence-electron chi connectivity index (χ3n) is 5.71. The summed E-state index contributed by atoms with van der Waals surface area (Å²) in [6.07, 6.45) is -0.777. The minimum atomic E-state index is -0.777. The van der Waals surface area contributed by atoms with Crippen molar-refractivity contribution in [3.05, 3.63) is 60.3 Å². The molecule has 0 spiro atoms. The summed E-state index contributed by atoms with van der Waals surface area (Å²) in [5.74, 6) is 1.36. The van der Waals surface area contributed by atoms with Gasteiger partial charge in [0, 0.05) is 24.4 Å². The lowest BCUT2D eigenvalue weighted by molar-refractivity contribution is -0.122. The number of nitrogens with one attached hydrogen (secondary N) is 1. The van der Waals surface area contributed by atoms with E-state index in [-0.39, 0.29) is 5.91 Å². The van der Waals surface area contributed by atoms with Gasteiger partial charge in [0.25, 0.3) is 5.91 Å². The normalized spacial score (nSPS) is 13.5. The van der Waals surface area contributed by atoms with Gasteiger partial charge in [-0.1, -0.05) is 30.3 Å². The molecule has 1 atom stereocenters. The first kappa shape index (κ1) is 21.8. The number of aromatic nitrogens is 3. The highest BCUT2D eigenvalue weighted by atomic mass is 16.6. The topological polar surface area (TPSA) is 87.5 Å². The number of rotatable bonds is 6. The van der Waals surface area contributed by atoms with Crippen LogP contribution in [0.5, 0.6) is 17.4 Å². The van der Waals surface area contributed by atoms with Crippen LogP contribution in [0.1, 0.15) is 19.5 Å². The van der Waals surface area contributed by atoms with Crippen molar-refractivity contribution in [2.45, 2.75) is 33.4 Å². The van der Waals surface area contributed by atoms with Crippen LogP contribution in [-0.4, -0.2) is 40.0 Å². The first-order chi connectivity index (χ1) is 16.5. The number of hydrogen-bond acceptors (Lipinski definition) is 6. The van der Waals surface area contributed by atoms with E-state index in [4.69, 9.17) is 19.2 Å². The standard InChI is InChI=1S/C26H26N4O4/c1-4-30-25-24(16(2)29-30)20(18-8-6-5-7-9-18)15-23(28-25)34-17(3)26(31)27-19-10-11-21-22(14-19)33-13-12-32-21/h5-11,14-15,17H,4,12-13H2,1-3H3,(H,27,31)/t17-/m0/s1. The maximum absolute atomic E-state index is 12.9. The summed E-state index contributed by atoms with van der Waals surface area (Å²) in [6.45, 7) is 7.37. The highest BCUT2D eigenvalue weighted by Gasteiger charge is 2.21. The SMILES string of the molecule is CCn1nc(C)c2c(-c3ccccc3)cc(O[C@@H](C)C(=O)Nc3ccc4c(c3)OCCO4)nc21. The third-order valence-corrected chi connectivity index (χ3v) is 5.71. The zero-order valence-electron chi connectivity index (χ0n) is 19.4. The van der Waals surface area contributed by atoms with Gasteiger partial charge >= 0.3 is 0 Å². The Hall–Kier alpha value is -4.07. The van der Waals surface area contributed by atoms with Gasteiger partial charge in [-0.3, -0.25) is 4.79 Å². The predicted octanol–water partition coefficient (Wildman–Crippen LogP) is 4.60. The molecule has 8 heteroatoms. The number of fused-ring (bicyclic) bond motifs is 2. The number of amides is 1. The zero-order chi connectivity index (χ0) is 23.7. The monoisotopic (exact) mass is 458 g/mol. The summed E-state index contributed by atoms with van der Waals surface area (Å²) < 4.78 is 19.0. The molecule has 0 saturated heterocycles. The van der Waals surface area contributed by atoms with E-state index in [2.05, 4.69) is 10.4 Å². The Kier molecular flexibility index (Phi) is 5.79. The van der Waals surface area contributed by atoms with Gasteiger partial charge in [0.2, 0.25) is 5.88 Å². The molecule has 174 valence electrons. The van der Waals surface area contributed by atoms with Crippen LogP contribution in [0.15, 0.2) is 54.6 Å². The molecule has 3 heterocycles. The van der Waals surface area contributed by atoms with E-state index in [9.17, 15) is 4.79 Å². The molecule has 0 saturated carbocycles. The second-order valence-electron chi connectivity index (χ2n) is 8.08. The van der Waals surface area contributed by atoms with E-state index in [1.807, 2.05) is 54.9 Å². The summed E-state index contributed by atoms with van der Waals surface area (Å²) in [7, 11) is 0. The Labute approximate surface area is 197 Å². The van der Waals surface area contributed by atoms with Gasteiger partial charge in [-0.05, 0) is 44.0 Å². The predicted molar refractivity (Wildman–Crippen MR) is 130 cm³/mol. The number of nitrogens with zero attached hydrogens (tertiary/aromatic N) is 3. The lowest BCUT2D eigenvalue weighted by Gasteiger charge is -2.20. The molecule has 1 aliphatic rings. The zero-order valence-corrected chi connectivity index (χ0v) is 19.4. The van der Waals surface area contributed by atoms with Crippen molar-refractivity contribution in [1.29, 1.82) is 0 Å². The highest BCUT2D eigenvalue weighted by Crippen LogP contribution is 2.34. The first-order valence-electron chi connectivity index (χ1n) is 11.3. The molecular weight excluding hydrogens is 432 g/mol. The second kappa shape index (κ2) is 9.05. The number of carbonyl (C=O) groups excluding carboxylic acids is 1. The minimum absolute atomic E-state index is 0.292. The largest absolute Gasteiger partial charge is 0.486 e. The fraction of sp³-hybridized carbons (Fsp3) is 0.269. The molecule has 0 unspecified atom stereocenters. The molecule has 2 aromatic carbocycles. The van der Waals surface area contributed by atoms with Crippen LogP contribution in [0.2, 0.25) is 0 Å². The van der Waals surface area contributed by atoms with Crippen LogP contribution in [0.3, 0.4) is 0 Å². The molecule has 1 N–H and O–H groups in total. The van der Waals surface area contributed by atoms with Crippen molar-refractivity contribution >= 4 is 22.6 Å². The summed E-state index contributed by atoms with van der Waals surface area (Å²) >= 11 is 0. The van der Waals surface area contributed by atoms with Gasteiger partial charge in [-0.2, -0.15) is 10.1 Å². The van der Waals surface area contributed by atoms with Gasteiger partial charge in [0.1, 0.15) is 13.2 Å². The average Bonchev–Trinajstić information content (AvgIpc) is 3.19. The molecule has 5 rings (SSSR count). The maximum Gasteiger partial charge on any atom is 0.265 e. The number of aryl methyl sites for hydroxylation is 2. The Morgan fingerprint density at radius 1 is 1.12 bits per heavy atom. The van der Waals surface area contributed by atoms with E-state index in [1.54, 1.807) is 25.1 Å². The van der Waals surface area contributed by atoms with Crippen molar-refractivity contribution in [2.75, 3.05) is 18.5 Å². The van der Waals surface area contributed by atoms with Crippen LogP contribution in [0.4, 0.5) is 5.69 Å². The van der Waals surface area contributed by atoms with Gasteiger partial charge in [-0.15, -0.1) is 0 Å². The molecule has 2 aromatic heterocycles. The van der Waals surface area contributed by atoms with Crippen LogP contribution in [-0.2, 0) is 11.3 Å². The average molecular weight is 459 g/mol. The number of benzene rings is 2. The molecule has 1 aliphatic heterocycles. The summed E-state index contributed by atoms with van der Waals surface area (Å²) in [4.78, 5) is 17.6. The van der Waals surface area contributed by atoms with E-state index < -0.39 is 6.10 Å². The molecule has 8 nitrogen and oxygen atoms in total. The molecule has 0 radical (unpaired) electrons. The van der Waals surface area contributed by atoms with Crippen LogP contribution < -0.4 is 19.5 Å². The highest BCUT2D eigenvalue weighted by molar-refractivity contribution is 5.96.